The van der Waals surface area contributed by atoms with Crippen LogP contribution in [-0.2, 0) is 0 Å². The number of benzene rings is 4. The van der Waals surface area contributed by atoms with Crippen LogP contribution in [0.25, 0.3) is 22.3 Å². The molecule has 2 nitrogen and oxygen atoms in total. The summed E-state index contributed by atoms with van der Waals surface area (Å²) in [5, 5.41) is 18.2. The van der Waals surface area contributed by atoms with E-state index in [1.807, 2.05) is 48.5 Å². The number of nitrogens with zero attached hydrogens (tertiary/aromatic N) is 2. The van der Waals surface area contributed by atoms with Crippen LogP contribution in [0.15, 0.2) is 72.8 Å². The maximum atomic E-state index is 9.08. The fourth-order valence-corrected chi connectivity index (χ4v) is 7.34. The van der Waals surface area contributed by atoms with Crippen LogP contribution in [0.3, 0.4) is 0 Å². The van der Waals surface area contributed by atoms with Crippen molar-refractivity contribution < 1.29 is 0 Å². The predicted octanol–water partition coefficient (Wildman–Crippen LogP) is 9.33. The number of halogens is 4. The zero-order valence-electron chi connectivity index (χ0n) is 17.9. The minimum Gasteiger partial charge on any atom is -0.192 e. The van der Waals surface area contributed by atoms with Crippen molar-refractivity contribution >= 4 is 90.4 Å². The molecule has 0 aromatic heterocycles. The highest BCUT2D eigenvalue weighted by Crippen LogP contribution is 2.39. The van der Waals surface area contributed by atoms with E-state index in [9.17, 15) is 0 Å². The van der Waals surface area contributed by atoms with Crippen molar-refractivity contribution in [3.8, 4) is 34.4 Å². The molecule has 0 spiro atoms. The Morgan fingerprint density at radius 2 is 0.882 bits per heavy atom. The van der Waals surface area contributed by atoms with Crippen molar-refractivity contribution in [3.05, 3.63) is 109 Å². The van der Waals surface area contributed by atoms with Crippen molar-refractivity contribution in [1.29, 1.82) is 10.5 Å². The minimum absolute atomic E-state index is 0.242. The lowest BCUT2D eigenvalue weighted by molar-refractivity contribution is 0.905. The zero-order valence-corrected chi connectivity index (χ0v) is 26.5. The molecule has 0 unspecified atom stereocenters. The molecule has 0 aliphatic carbocycles. The summed E-state index contributed by atoms with van der Waals surface area (Å²) in [7, 11) is 0. The van der Waals surface area contributed by atoms with Gasteiger partial charge in [-0.3, -0.25) is 0 Å². The van der Waals surface area contributed by atoms with Gasteiger partial charge in [0.05, 0.1) is 23.3 Å². The van der Waals surface area contributed by atoms with Crippen LogP contribution < -0.4 is 0 Å². The Kier molecular flexibility index (Phi) is 8.54. The Labute approximate surface area is 254 Å². The molecule has 0 radical (unpaired) electrons. The second-order valence-corrected chi connectivity index (χ2v) is 12.1. The largest absolute Gasteiger partial charge is 0.192 e. The fourth-order valence-electron chi connectivity index (χ4n) is 3.86. The Morgan fingerprint density at radius 1 is 0.529 bits per heavy atom. The summed E-state index contributed by atoms with van der Waals surface area (Å²) in [4.78, 5) is 0. The molecule has 166 valence electrons. The average Bonchev–Trinajstić information content (AvgIpc) is 2.87. The third-order valence-electron chi connectivity index (χ3n) is 5.81. The Hall–Kier alpha value is -1.22. The second-order valence-electron chi connectivity index (χ2n) is 7.76. The lowest BCUT2D eigenvalue weighted by Gasteiger charge is -2.20. The monoisotopic (exact) mass is 888 g/mol. The minimum atomic E-state index is 0.242. The van der Waals surface area contributed by atoms with Gasteiger partial charge in [-0.2, -0.15) is 10.5 Å². The first-order chi connectivity index (χ1) is 16.3. The molecular weight excluding hydrogens is 872 g/mol. The van der Waals surface area contributed by atoms with E-state index < -0.39 is 0 Å². The van der Waals surface area contributed by atoms with Gasteiger partial charge in [0, 0.05) is 20.2 Å². The van der Waals surface area contributed by atoms with Crippen molar-refractivity contribution in [2.75, 3.05) is 0 Å². The molecule has 4 aromatic rings. The zero-order chi connectivity index (χ0) is 24.4. The number of rotatable bonds is 4. The van der Waals surface area contributed by atoms with E-state index in [0.717, 1.165) is 11.1 Å². The van der Waals surface area contributed by atoms with Crippen LogP contribution in [-0.4, -0.2) is 0 Å². The van der Waals surface area contributed by atoms with Crippen LogP contribution in [0.1, 0.15) is 35.1 Å². The fraction of sp³-hybridized carbons (Fsp3) is 0.0714. The maximum Gasteiger partial charge on any atom is 0.0991 e. The number of hydrogen-bond acceptors (Lipinski definition) is 2. The highest BCUT2D eigenvalue weighted by Gasteiger charge is 2.20. The summed E-state index contributed by atoms with van der Waals surface area (Å²) in [5.41, 5.74) is 8.58. The summed E-state index contributed by atoms with van der Waals surface area (Å²) >= 11 is 9.81. The van der Waals surface area contributed by atoms with E-state index in [2.05, 4.69) is 134 Å². The van der Waals surface area contributed by atoms with Crippen LogP contribution >= 0.6 is 90.4 Å². The van der Waals surface area contributed by atoms with E-state index in [1.54, 1.807) is 0 Å². The first-order valence-electron chi connectivity index (χ1n) is 10.3. The molecule has 0 aliphatic rings. The van der Waals surface area contributed by atoms with E-state index >= 15 is 0 Å². The summed E-state index contributed by atoms with van der Waals surface area (Å²) in [6.07, 6.45) is 0. The molecule has 0 atom stereocenters. The first-order valence-corrected chi connectivity index (χ1v) is 14.6. The van der Waals surface area contributed by atoms with Crippen molar-refractivity contribution in [2.45, 2.75) is 12.8 Å². The lowest BCUT2D eigenvalue weighted by atomic mass is 9.90. The average molecular weight is 888 g/mol. The van der Waals surface area contributed by atoms with E-state index in [0.29, 0.717) is 11.1 Å². The van der Waals surface area contributed by atoms with Crippen molar-refractivity contribution in [1.82, 2.24) is 0 Å². The molecule has 6 heteroatoms. The van der Waals surface area contributed by atoms with Gasteiger partial charge in [-0.1, -0.05) is 55.5 Å². The highest BCUT2D eigenvalue weighted by atomic mass is 127. The van der Waals surface area contributed by atoms with Gasteiger partial charge in [-0.15, -0.1) is 0 Å². The van der Waals surface area contributed by atoms with Crippen molar-refractivity contribution in [3.63, 3.8) is 0 Å². The molecule has 0 fully saturated rings. The lowest BCUT2D eigenvalue weighted by Crippen LogP contribution is -2.05. The molecule has 0 amide bonds. The van der Waals surface area contributed by atoms with Gasteiger partial charge in [0.15, 0.2) is 0 Å². The summed E-state index contributed by atoms with van der Waals surface area (Å²) < 4.78 is 4.97. The summed E-state index contributed by atoms with van der Waals surface area (Å²) in [6.45, 7) is 2.27. The number of nitriles is 2. The quantitative estimate of drug-likeness (QED) is 0.192. The Balaban J connectivity index is 1.70. The molecule has 0 saturated carbocycles. The van der Waals surface area contributed by atoms with Crippen molar-refractivity contribution in [2.24, 2.45) is 0 Å². The smallest absolute Gasteiger partial charge is 0.0991 e. The molecule has 4 rings (SSSR count). The summed E-state index contributed by atoms with van der Waals surface area (Å²) in [6, 6.07) is 28.8. The van der Waals surface area contributed by atoms with E-state index in [1.165, 1.54) is 36.5 Å². The Bertz CT molecular complexity index is 1350. The third-order valence-corrected chi connectivity index (χ3v) is 12.4. The second kappa shape index (κ2) is 11.2. The molecular formula is C28H16I4N2. The molecule has 0 saturated heterocycles. The van der Waals surface area contributed by atoms with Gasteiger partial charge in [-0.25, -0.2) is 0 Å². The SMILES string of the molecule is CC(c1ccc(-c2ccc(C#N)cc2)c(I)c1I)c1ccc(-c2ccc(C#N)cc2)c(I)c1I. The van der Waals surface area contributed by atoms with Gasteiger partial charge in [-0.05, 0) is 148 Å². The molecule has 0 aliphatic heterocycles. The summed E-state index contributed by atoms with van der Waals surface area (Å²) in [5.74, 6) is 0.242. The third kappa shape index (κ3) is 5.15. The Morgan fingerprint density at radius 3 is 1.21 bits per heavy atom. The van der Waals surface area contributed by atoms with E-state index in [-0.39, 0.29) is 5.92 Å². The highest BCUT2D eigenvalue weighted by molar-refractivity contribution is 14.1. The first kappa shape index (κ1) is 25.9. The van der Waals surface area contributed by atoms with Gasteiger partial charge < -0.3 is 0 Å². The normalized spacial score (nSPS) is 10.7. The van der Waals surface area contributed by atoms with Crippen LogP contribution in [0.4, 0.5) is 0 Å². The maximum absolute atomic E-state index is 9.08. The topological polar surface area (TPSA) is 47.6 Å². The molecule has 0 bridgehead atoms. The molecule has 0 heterocycles. The molecule has 4 aromatic carbocycles. The van der Waals surface area contributed by atoms with Gasteiger partial charge >= 0.3 is 0 Å². The standard InChI is InChI=1S/C28H16I4N2/c1-16(21-10-12-23(27(31)25(21)29)19-6-2-17(14-33)3-7-19)22-11-13-24(28(32)26(22)30)20-8-4-18(15-34)5-9-20/h2-13,16H,1H3. The predicted molar refractivity (Wildman–Crippen MR) is 172 cm³/mol. The number of hydrogen-bond donors (Lipinski definition) is 0. The molecule has 0 N–H and O–H groups in total. The van der Waals surface area contributed by atoms with Crippen LogP contribution in [0.2, 0.25) is 0 Å². The van der Waals surface area contributed by atoms with E-state index in [4.69, 9.17) is 10.5 Å². The van der Waals surface area contributed by atoms with Crippen LogP contribution in [0.5, 0.6) is 0 Å². The van der Waals surface area contributed by atoms with Crippen LogP contribution in [0, 0.1) is 36.9 Å². The van der Waals surface area contributed by atoms with Gasteiger partial charge in [0.2, 0.25) is 0 Å². The van der Waals surface area contributed by atoms with Gasteiger partial charge in [0.1, 0.15) is 0 Å². The molecule has 34 heavy (non-hydrogen) atoms. The van der Waals surface area contributed by atoms with Gasteiger partial charge in [0.25, 0.3) is 0 Å².